The summed E-state index contributed by atoms with van der Waals surface area (Å²) in [7, 11) is 0. The minimum Gasteiger partial charge on any atom is -0.231 e. The van der Waals surface area contributed by atoms with E-state index in [0.29, 0.717) is 10.2 Å². The number of halogens is 5. The lowest BCUT2D eigenvalue weighted by Gasteiger charge is -2.13. The van der Waals surface area contributed by atoms with Crippen LogP contribution >= 0.6 is 27.5 Å². The molecule has 21 heavy (non-hydrogen) atoms. The van der Waals surface area contributed by atoms with Crippen LogP contribution in [0, 0.1) is 0 Å². The summed E-state index contributed by atoms with van der Waals surface area (Å²) in [6.07, 6.45) is -2.53. The Morgan fingerprint density at radius 2 is 1.81 bits per heavy atom. The Labute approximate surface area is 132 Å². The van der Waals surface area contributed by atoms with Crippen LogP contribution in [-0.4, -0.2) is 9.97 Å². The zero-order valence-electron chi connectivity index (χ0n) is 10.6. The van der Waals surface area contributed by atoms with E-state index in [-0.39, 0.29) is 22.5 Å². The molecular formula is C14H9BrClF3N2. The van der Waals surface area contributed by atoms with Crippen LogP contribution in [0.15, 0.2) is 28.7 Å². The molecule has 0 unspecified atom stereocenters. The third-order valence-electron chi connectivity index (χ3n) is 3.27. The molecule has 0 atom stereocenters. The molecule has 0 radical (unpaired) electrons. The van der Waals surface area contributed by atoms with Crippen molar-refractivity contribution in [2.45, 2.75) is 24.9 Å². The van der Waals surface area contributed by atoms with Crippen molar-refractivity contribution in [1.29, 1.82) is 0 Å². The van der Waals surface area contributed by atoms with Gasteiger partial charge >= 0.3 is 6.18 Å². The number of hydrogen-bond donors (Lipinski definition) is 0. The molecule has 0 bridgehead atoms. The van der Waals surface area contributed by atoms with Crippen molar-refractivity contribution in [3.8, 4) is 11.4 Å². The van der Waals surface area contributed by atoms with Crippen molar-refractivity contribution in [3.63, 3.8) is 0 Å². The fraction of sp³-hybridized carbons (Fsp3) is 0.286. The average molecular weight is 378 g/mol. The second-order valence-electron chi connectivity index (χ2n) is 4.85. The number of alkyl halides is 3. The van der Waals surface area contributed by atoms with Crippen LogP contribution in [0.25, 0.3) is 11.4 Å². The molecular weight excluding hydrogens is 369 g/mol. The number of hydrogen-bond acceptors (Lipinski definition) is 2. The van der Waals surface area contributed by atoms with E-state index in [4.69, 9.17) is 11.6 Å². The van der Waals surface area contributed by atoms with Crippen molar-refractivity contribution in [2.75, 3.05) is 0 Å². The standard InChI is InChI=1S/C14H9BrClF3N2/c15-10-11(7-5-6-7)20-13(21-12(10)16)8-3-1-2-4-9(8)14(17,18)19/h1-4,7H,5-6H2. The zero-order valence-corrected chi connectivity index (χ0v) is 12.9. The van der Waals surface area contributed by atoms with Gasteiger partial charge in [-0.05, 0) is 34.8 Å². The zero-order chi connectivity index (χ0) is 15.2. The summed E-state index contributed by atoms with van der Waals surface area (Å²) in [6.45, 7) is 0. The molecule has 1 fully saturated rings. The maximum atomic E-state index is 13.1. The first kappa shape index (κ1) is 14.8. The van der Waals surface area contributed by atoms with Gasteiger partial charge in [-0.1, -0.05) is 29.8 Å². The Kier molecular flexibility index (Phi) is 3.69. The molecule has 7 heteroatoms. The summed E-state index contributed by atoms with van der Waals surface area (Å²) in [5.74, 6) is 0.259. The van der Waals surface area contributed by atoms with Gasteiger partial charge in [0.1, 0.15) is 5.15 Å². The summed E-state index contributed by atoms with van der Waals surface area (Å²) >= 11 is 9.33. The van der Waals surface area contributed by atoms with Crippen molar-refractivity contribution in [2.24, 2.45) is 0 Å². The normalized spacial score (nSPS) is 15.3. The van der Waals surface area contributed by atoms with Gasteiger partial charge in [0.25, 0.3) is 0 Å². The maximum Gasteiger partial charge on any atom is 0.417 e. The molecule has 110 valence electrons. The Balaban J connectivity index is 2.18. The van der Waals surface area contributed by atoms with Crippen LogP contribution in [0.2, 0.25) is 5.15 Å². The fourth-order valence-electron chi connectivity index (χ4n) is 2.11. The highest BCUT2D eigenvalue weighted by molar-refractivity contribution is 9.10. The molecule has 0 N–H and O–H groups in total. The molecule has 1 aliphatic rings. The molecule has 1 heterocycles. The van der Waals surface area contributed by atoms with E-state index in [9.17, 15) is 13.2 Å². The predicted molar refractivity (Wildman–Crippen MR) is 77.2 cm³/mol. The van der Waals surface area contributed by atoms with Crippen molar-refractivity contribution in [1.82, 2.24) is 9.97 Å². The van der Waals surface area contributed by atoms with E-state index >= 15 is 0 Å². The number of benzene rings is 1. The van der Waals surface area contributed by atoms with Crippen LogP contribution < -0.4 is 0 Å². The monoisotopic (exact) mass is 376 g/mol. The highest BCUT2D eigenvalue weighted by Crippen LogP contribution is 2.45. The van der Waals surface area contributed by atoms with Gasteiger partial charge in [0.2, 0.25) is 0 Å². The Hall–Kier alpha value is -1.14. The van der Waals surface area contributed by atoms with Crippen LogP contribution in [-0.2, 0) is 6.18 Å². The van der Waals surface area contributed by atoms with Crippen LogP contribution in [0.3, 0.4) is 0 Å². The van der Waals surface area contributed by atoms with Gasteiger partial charge in [0.15, 0.2) is 5.82 Å². The number of rotatable bonds is 2. The van der Waals surface area contributed by atoms with Crippen LogP contribution in [0.5, 0.6) is 0 Å². The molecule has 1 aromatic heterocycles. The summed E-state index contributed by atoms with van der Waals surface area (Å²) in [6, 6.07) is 5.25. The summed E-state index contributed by atoms with van der Waals surface area (Å²) in [5, 5.41) is 0.138. The molecule has 2 nitrogen and oxygen atoms in total. The largest absolute Gasteiger partial charge is 0.417 e. The van der Waals surface area contributed by atoms with E-state index in [2.05, 4.69) is 25.9 Å². The highest BCUT2D eigenvalue weighted by atomic mass is 79.9. The lowest BCUT2D eigenvalue weighted by atomic mass is 10.1. The smallest absolute Gasteiger partial charge is 0.231 e. The molecule has 1 saturated carbocycles. The molecule has 3 rings (SSSR count). The van der Waals surface area contributed by atoms with Crippen molar-refractivity contribution in [3.05, 3.63) is 45.1 Å². The second kappa shape index (κ2) is 5.25. The molecule has 0 aliphatic heterocycles. The van der Waals surface area contributed by atoms with E-state index in [0.717, 1.165) is 18.9 Å². The van der Waals surface area contributed by atoms with E-state index in [1.165, 1.54) is 18.2 Å². The van der Waals surface area contributed by atoms with Gasteiger partial charge in [0.05, 0.1) is 15.7 Å². The van der Waals surface area contributed by atoms with Gasteiger partial charge in [-0.2, -0.15) is 13.2 Å². The van der Waals surface area contributed by atoms with E-state index < -0.39 is 11.7 Å². The molecule has 0 spiro atoms. The number of aromatic nitrogens is 2. The Morgan fingerprint density at radius 1 is 1.14 bits per heavy atom. The minimum absolute atomic E-state index is 0.0121. The van der Waals surface area contributed by atoms with Gasteiger partial charge in [-0.25, -0.2) is 9.97 Å². The quantitative estimate of drug-likeness (QED) is 0.650. The SMILES string of the molecule is FC(F)(F)c1ccccc1-c1nc(Cl)c(Br)c(C2CC2)n1. The molecule has 0 amide bonds. The fourth-order valence-corrected chi connectivity index (χ4v) is 2.79. The third kappa shape index (κ3) is 2.92. The van der Waals surface area contributed by atoms with Crippen LogP contribution in [0.4, 0.5) is 13.2 Å². The molecule has 1 aliphatic carbocycles. The molecule has 0 saturated heterocycles. The van der Waals surface area contributed by atoms with E-state index in [1.54, 1.807) is 0 Å². The second-order valence-corrected chi connectivity index (χ2v) is 6.01. The lowest BCUT2D eigenvalue weighted by molar-refractivity contribution is -0.137. The van der Waals surface area contributed by atoms with Crippen molar-refractivity contribution < 1.29 is 13.2 Å². The first-order chi connectivity index (χ1) is 9.88. The first-order valence-corrected chi connectivity index (χ1v) is 7.44. The predicted octanol–water partition coefficient (Wildman–Crippen LogP) is 5.46. The average Bonchev–Trinajstić information content (AvgIpc) is 3.25. The lowest BCUT2D eigenvalue weighted by Crippen LogP contribution is -2.08. The molecule has 1 aromatic carbocycles. The first-order valence-electron chi connectivity index (χ1n) is 6.27. The third-order valence-corrected chi connectivity index (χ3v) is 4.56. The topological polar surface area (TPSA) is 25.8 Å². The minimum atomic E-state index is -4.46. The van der Waals surface area contributed by atoms with Crippen LogP contribution in [0.1, 0.15) is 30.0 Å². The maximum absolute atomic E-state index is 13.1. The van der Waals surface area contributed by atoms with Gasteiger partial charge in [-0.3, -0.25) is 0 Å². The van der Waals surface area contributed by atoms with Crippen molar-refractivity contribution >= 4 is 27.5 Å². The Morgan fingerprint density at radius 3 is 2.43 bits per heavy atom. The van der Waals surface area contributed by atoms with Gasteiger partial charge in [0, 0.05) is 11.5 Å². The van der Waals surface area contributed by atoms with E-state index in [1.807, 2.05) is 0 Å². The Bertz CT molecular complexity index is 699. The highest BCUT2D eigenvalue weighted by Gasteiger charge is 2.35. The summed E-state index contributed by atoms with van der Waals surface area (Å²) < 4.78 is 39.8. The van der Waals surface area contributed by atoms with Gasteiger partial charge in [-0.15, -0.1) is 0 Å². The molecule has 2 aromatic rings. The summed E-state index contributed by atoms with van der Waals surface area (Å²) in [4.78, 5) is 8.29. The summed E-state index contributed by atoms with van der Waals surface area (Å²) in [5.41, 5.74) is -0.131. The number of nitrogens with zero attached hydrogens (tertiary/aromatic N) is 2. The van der Waals surface area contributed by atoms with Gasteiger partial charge < -0.3 is 0 Å².